The van der Waals surface area contributed by atoms with E-state index in [1.165, 1.54) is 6.21 Å². The van der Waals surface area contributed by atoms with Crippen LogP contribution in [0.25, 0.3) is 0 Å². The Bertz CT molecular complexity index is 461. The topological polar surface area (TPSA) is 49.7 Å². The summed E-state index contributed by atoms with van der Waals surface area (Å²) >= 11 is 0. The van der Waals surface area contributed by atoms with Crippen LogP contribution in [0, 0.1) is 6.92 Å². The third-order valence-electron chi connectivity index (χ3n) is 1.99. The number of benzene rings is 1. The van der Waals surface area contributed by atoms with E-state index < -0.39 is 9.84 Å². The van der Waals surface area contributed by atoms with Gasteiger partial charge in [-0.05, 0) is 19.1 Å². The Morgan fingerprint density at radius 2 is 1.81 bits per heavy atom. The molecule has 0 saturated heterocycles. The molecule has 5 heteroatoms. The molecule has 1 aromatic rings. The quantitative estimate of drug-likeness (QED) is 0.589. The minimum absolute atomic E-state index is 0.0752. The van der Waals surface area contributed by atoms with Crippen LogP contribution in [0.1, 0.15) is 5.56 Å². The molecule has 0 amide bonds. The minimum Gasteiger partial charge on any atom is -0.303 e. The smallest absolute Gasteiger partial charge is 0.183 e. The highest BCUT2D eigenvalue weighted by molar-refractivity contribution is 7.92. The van der Waals surface area contributed by atoms with Crippen molar-refractivity contribution in [1.29, 1.82) is 0 Å². The summed E-state index contributed by atoms with van der Waals surface area (Å²) in [6, 6.07) is 6.81. The number of hydrogen-bond donors (Lipinski definition) is 0. The SMILES string of the molecule is Cc1ccc(S(=O)(=O)CC=NN(C)C)cc1. The van der Waals surface area contributed by atoms with Crippen molar-refractivity contribution in [3.63, 3.8) is 0 Å². The summed E-state index contributed by atoms with van der Waals surface area (Å²) in [7, 11) is 0.241. The summed E-state index contributed by atoms with van der Waals surface area (Å²) in [5, 5.41) is 5.44. The van der Waals surface area contributed by atoms with Crippen molar-refractivity contribution >= 4 is 16.1 Å². The fourth-order valence-electron chi connectivity index (χ4n) is 1.14. The third-order valence-corrected chi connectivity index (χ3v) is 3.56. The van der Waals surface area contributed by atoms with Crippen molar-refractivity contribution in [2.75, 3.05) is 19.8 Å². The molecule has 0 aliphatic carbocycles. The fourth-order valence-corrected chi connectivity index (χ4v) is 2.14. The second-order valence-corrected chi connectivity index (χ2v) is 5.77. The van der Waals surface area contributed by atoms with Gasteiger partial charge in [-0.3, -0.25) is 0 Å². The molecule has 0 aliphatic rings. The van der Waals surface area contributed by atoms with Gasteiger partial charge in [-0.1, -0.05) is 17.7 Å². The molecule has 0 bridgehead atoms. The number of aryl methyl sites for hydroxylation is 1. The van der Waals surface area contributed by atoms with E-state index in [1.54, 1.807) is 43.4 Å². The Hall–Kier alpha value is -1.36. The summed E-state index contributed by atoms with van der Waals surface area (Å²) in [6.45, 7) is 1.92. The lowest BCUT2D eigenvalue weighted by atomic mass is 10.2. The fraction of sp³-hybridized carbons (Fsp3) is 0.364. The standard InChI is InChI=1S/C11H16N2O2S/c1-10-4-6-11(7-5-10)16(14,15)9-8-12-13(2)3/h4-8H,9H2,1-3H3. The first-order valence-electron chi connectivity index (χ1n) is 4.91. The van der Waals surface area contributed by atoms with Crippen LogP contribution in [-0.2, 0) is 9.84 Å². The molecule has 0 unspecified atom stereocenters. The zero-order chi connectivity index (χ0) is 12.2. The maximum absolute atomic E-state index is 11.8. The van der Waals surface area contributed by atoms with Crippen LogP contribution >= 0.6 is 0 Å². The lowest BCUT2D eigenvalue weighted by Gasteiger charge is -2.04. The van der Waals surface area contributed by atoms with E-state index in [-0.39, 0.29) is 5.75 Å². The Balaban J connectivity index is 2.82. The molecule has 0 heterocycles. The highest BCUT2D eigenvalue weighted by atomic mass is 32.2. The van der Waals surface area contributed by atoms with E-state index >= 15 is 0 Å². The maximum Gasteiger partial charge on any atom is 0.183 e. The molecule has 0 saturated carbocycles. The van der Waals surface area contributed by atoms with Crippen LogP contribution in [0.4, 0.5) is 0 Å². The molecule has 1 aromatic carbocycles. The normalized spacial score (nSPS) is 11.9. The second-order valence-electron chi connectivity index (χ2n) is 3.74. The summed E-state index contributed by atoms with van der Waals surface area (Å²) in [4.78, 5) is 0.336. The number of rotatable bonds is 4. The number of hydrogen-bond acceptors (Lipinski definition) is 4. The first kappa shape index (κ1) is 12.7. The summed E-state index contributed by atoms with van der Waals surface area (Å²) < 4.78 is 23.6. The molecule has 0 N–H and O–H groups in total. The van der Waals surface area contributed by atoms with Gasteiger partial charge in [-0.2, -0.15) is 5.10 Å². The van der Waals surface area contributed by atoms with Gasteiger partial charge < -0.3 is 5.01 Å². The van der Waals surface area contributed by atoms with Gasteiger partial charge in [0, 0.05) is 20.3 Å². The molecule has 16 heavy (non-hydrogen) atoms. The van der Waals surface area contributed by atoms with Crippen molar-refractivity contribution in [2.45, 2.75) is 11.8 Å². The van der Waals surface area contributed by atoms with Gasteiger partial charge in [-0.15, -0.1) is 0 Å². The Morgan fingerprint density at radius 1 is 1.25 bits per heavy atom. The van der Waals surface area contributed by atoms with E-state index in [0.717, 1.165) is 5.56 Å². The highest BCUT2D eigenvalue weighted by Gasteiger charge is 2.12. The zero-order valence-electron chi connectivity index (χ0n) is 9.71. The molecule has 0 atom stereocenters. The van der Waals surface area contributed by atoms with Crippen LogP contribution in [0.3, 0.4) is 0 Å². The van der Waals surface area contributed by atoms with Gasteiger partial charge in [-0.25, -0.2) is 8.42 Å². The Labute approximate surface area is 96.5 Å². The van der Waals surface area contributed by atoms with Crippen molar-refractivity contribution in [3.8, 4) is 0 Å². The van der Waals surface area contributed by atoms with Gasteiger partial charge in [0.2, 0.25) is 0 Å². The average molecular weight is 240 g/mol. The van der Waals surface area contributed by atoms with E-state index in [2.05, 4.69) is 5.10 Å². The van der Waals surface area contributed by atoms with Crippen LogP contribution in [0.5, 0.6) is 0 Å². The molecule has 0 spiro atoms. The summed E-state index contributed by atoms with van der Waals surface area (Å²) in [5.41, 5.74) is 1.04. The largest absolute Gasteiger partial charge is 0.303 e. The monoisotopic (exact) mass is 240 g/mol. The van der Waals surface area contributed by atoms with E-state index in [4.69, 9.17) is 0 Å². The van der Waals surface area contributed by atoms with Crippen molar-refractivity contribution in [3.05, 3.63) is 29.8 Å². The van der Waals surface area contributed by atoms with Crippen molar-refractivity contribution in [2.24, 2.45) is 5.10 Å². The van der Waals surface area contributed by atoms with E-state index in [9.17, 15) is 8.42 Å². The zero-order valence-corrected chi connectivity index (χ0v) is 10.5. The highest BCUT2D eigenvalue weighted by Crippen LogP contribution is 2.11. The van der Waals surface area contributed by atoms with E-state index in [1.807, 2.05) is 6.92 Å². The first-order chi connectivity index (χ1) is 7.42. The summed E-state index contributed by atoms with van der Waals surface area (Å²) in [5.74, 6) is -0.0752. The molecule has 0 radical (unpaired) electrons. The number of sulfone groups is 1. The van der Waals surface area contributed by atoms with Crippen LogP contribution in [-0.4, -0.2) is 39.5 Å². The molecule has 0 fully saturated rings. The Morgan fingerprint density at radius 3 is 2.31 bits per heavy atom. The van der Waals surface area contributed by atoms with Crippen LogP contribution < -0.4 is 0 Å². The molecule has 88 valence electrons. The predicted octanol–water partition coefficient (Wildman–Crippen LogP) is 1.32. The van der Waals surface area contributed by atoms with Gasteiger partial charge in [0.05, 0.1) is 10.6 Å². The van der Waals surface area contributed by atoms with Crippen LogP contribution in [0.15, 0.2) is 34.3 Å². The van der Waals surface area contributed by atoms with Crippen molar-refractivity contribution in [1.82, 2.24) is 5.01 Å². The molecular formula is C11H16N2O2S. The lowest BCUT2D eigenvalue weighted by molar-refractivity contribution is 0.440. The number of hydrazone groups is 1. The summed E-state index contributed by atoms with van der Waals surface area (Å²) in [6.07, 6.45) is 1.40. The molecule has 0 aliphatic heterocycles. The van der Waals surface area contributed by atoms with Gasteiger partial charge in [0.25, 0.3) is 0 Å². The van der Waals surface area contributed by atoms with Crippen LogP contribution in [0.2, 0.25) is 0 Å². The molecular weight excluding hydrogens is 224 g/mol. The molecule has 4 nitrogen and oxygen atoms in total. The first-order valence-corrected chi connectivity index (χ1v) is 6.56. The number of nitrogens with zero attached hydrogens (tertiary/aromatic N) is 2. The Kier molecular flexibility index (Phi) is 4.06. The van der Waals surface area contributed by atoms with Gasteiger partial charge >= 0.3 is 0 Å². The molecule has 0 aromatic heterocycles. The second kappa shape index (κ2) is 5.12. The average Bonchev–Trinajstić information content (AvgIpc) is 2.17. The third kappa shape index (κ3) is 3.66. The minimum atomic E-state index is -3.25. The lowest BCUT2D eigenvalue weighted by Crippen LogP contribution is -2.10. The van der Waals surface area contributed by atoms with E-state index in [0.29, 0.717) is 4.90 Å². The van der Waals surface area contributed by atoms with Gasteiger partial charge in [0.1, 0.15) is 0 Å². The van der Waals surface area contributed by atoms with Gasteiger partial charge in [0.15, 0.2) is 9.84 Å². The maximum atomic E-state index is 11.8. The van der Waals surface area contributed by atoms with Crippen molar-refractivity contribution < 1.29 is 8.42 Å². The predicted molar refractivity (Wildman–Crippen MR) is 65.4 cm³/mol. The molecule has 1 rings (SSSR count).